The molecule has 0 aliphatic rings. The highest BCUT2D eigenvalue weighted by Gasteiger charge is 2.23. The van der Waals surface area contributed by atoms with Gasteiger partial charge in [0.1, 0.15) is 17.8 Å². The molecule has 1 aromatic carbocycles. The summed E-state index contributed by atoms with van der Waals surface area (Å²) in [5, 5.41) is 10.5. The number of nitro groups is 1. The lowest BCUT2D eigenvalue weighted by Crippen LogP contribution is -2.08. The Balaban J connectivity index is 3.42. The lowest BCUT2D eigenvalue weighted by Gasteiger charge is -2.04. The Morgan fingerprint density at radius 2 is 2.06 bits per heavy atom. The minimum atomic E-state index is -1.65. The highest BCUT2D eigenvalue weighted by atomic mass is 32.2. The van der Waals surface area contributed by atoms with Crippen molar-refractivity contribution in [1.82, 2.24) is 0 Å². The Labute approximate surface area is 98.6 Å². The molecule has 0 aliphatic heterocycles. The molecule has 0 fully saturated rings. The maximum absolute atomic E-state index is 13.6. The van der Waals surface area contributed by atoms with E-state index in [-0.39, 0.29) is 5.71 Å². The van der Waals surface area contributed by atoms with Gasteiger partial charge in [0.15, 0.2) is 0 Å². The second-order valence-corrected chi connectivity index (χ2v) is 4.14. The summed E-state index contributed by atoms with van der Waals surface area (Å²) in [6.07, 6.45) is 1.22. The van der Waals surface area contributed by atoms with Crippen LogP contribution in [0.25, 0.3) is 0 Å². The third-order valence-corrected chi connectivity index (χ3v) is 2.43. The number of rotatable bonds is 3. The normalized spacial score (nSPS) is 13.6. The fourth-order valence-electron chi connectivity index (χ4n) is 1.25. The predicted octanol–water partition coefficient (Wildman–Crippen LogP) is 1.98. The molecule has 1 aromatic rings. The summed E-state index contributed by atoms with van der Waals surface area (Å²) in [5.74, 6) is -2.30. The molecule has 92 valence electrons. The number of hydrogen-bond acceptors (Lipinski definition) is 4. The Morgan fingerprint density at radius 1 is 1.47 bits per heavy atom. The van der Waals surface area contributed by atoms with E-state index in [4.69, 9.17) is 0 Å². The van der Waals surface area contributed by atoms with Crippen LogP contribution in [0.1, 0.15) is 12.5 Å². The molecule has 0 aliphatic carbocycles. The van der Waals surface area contributed by atoms with E-state index in [0.29, 0.717) is 0 Å². The van der Waals surface area contributed by atoms with E-state index in [0.717, 1.165) is 12.1 Å². The molecule has 5 nitrogen and oxygen atoms in total. The van der Waals surface area contributed by atoms with E-state index >= 15 is 0 Å². The van der Waals surface area contributed by atoms with E-state index in [2.05, 4.69) is 4.40 Å². The van der Waals surface area contributed by atoms with Gasteiger partial charge in [0.05, 0.1) is 21.8 Å². The Morgan fingerprint density at radius 3 is 2.53 bits per heavy atom. The standard InChI is InChI=1S/C9H8F2N2O3S/c1-5(12-17(2)16)8-6(10)3-4-7(9(8)11)13(14)15/h3-4H,1-2H3. The number of halogens is 2. The Bertz CT molecular complexity index is 491. The molecule has 17 heavy (non-hydrogen) atoms. The summed E-state index contributed by atoms with van der Waals surface area (Å²) < 4.78 is 41.2. The molecule has 0 bridgehead atoms. The van der Waals surface area contributed by atoms with Gasteiger partial charge < -0.3 is 4.55 Å². The molecular formula is C9H8F2N2O3S. The summed E-state index contributed by atoms with van der Waals surface area (Å²) >= 11 is -1.65. The molecule has 0 aromatic heterocycles. The largest absolute Gasteiger partial charge is 0.591 e. The van der Waals surface area contributed by atoms with E-state index in [1.54, 1.807) is 0 Å². The van der Waals surface area contributed by atoms with Crippen LogP contribution in [0.5, 0.6) is 0 Å². The molecule has 0 N–H and O–H groups in total. The van der Waals surface area contributed by atoms with Crippen LogP contribution in [0.15, 0.2) is 16.5 Å². The van der Waals surface area contributed by atoms with Gasteiger partial charge in [-0.25, -0.2) is 4.39 Å². The van der Waals surface area contributed by atoms with Gasteiger partial charge in [-0.05, 0) is 13.0 Å². The molecule has 1 rings (SSSR count). The van der Waals surface area contributed by atoms with E-state index in [1.165, 1.54) is 13.2 Å². The smallest absolute Gasteiger partial charge is 0.305 e. The SMILES string of the molecule is CC(=N[S+](C)[O-])c1c(F)ccc([N+](=O)[O-])c1F. The first kappa shape index (κ1) is 13.5. The van der Waals surface area contributed by atoms with Gasteiger partial charge in [0, 0.05) is 6.07 Å². The van der Waals surface area contributed by atoms with Crippen molar-refractivity contribution in [3.8, 4) is 0 Å². The molecule has 1 atom stereocenters. The summed E-state index contributed by atoms with van der Waals surface area (Å²) in [6, 6.07) is 1.50. The van der Waals surface area contributed by atoms with Crippen LogP contribution in [0.4, 0.5) is 14.5 Å². The van der Waals surface area contributed by atoms with Crippen LogP contribution in [0, 0.1) is 21.7 Å². The second kappa shape index (κ2) is 5.19. The van der Waals surface area contributed by atoms with Crippen LogP contribution in [0.2, 0.25) is 0 Å². The fraction of sp³-hybridized carbons (Fsp3) is 0.222. The average Bonchev–Trinajstić information content (AvgIpc) is 2.15. The lowest BCUT2D eigenvalue weighted by atomic mass is 10.1. The molecule has 0 amide bonds. The number of benzene rings is 1. The van der Waals surface area contributed by atoms with Crippen LogP contribution in [0.3, 0.4) is 0 Å². The van der Waals surface area contributed by atoms with E-state index < -0.39 is 39.2 Å². The summed E-state index contributed by atoms with van der Waals surface area (Å²) in [5.41, 5.74) is -1.67. The molecule has 1 unspecified atom stereocenters. The van der Waals surface area contributed by atoms with Crippen LogP contribution in [-0.4, -0.2) is 21.4 Å². The summed E-state index contributed by atoms with van der Waals surface area (Å²) in [6.45, 7) is 1.23. The Kier molecular flexibility index (Phi) is 4.13. The van der Waals surface area contributed by atoms with Crippen molar-refractivity contribution in [2.24, 2.45) is 4.40 Å². The van der Waals surface area contributed by atoms with Crippen molar-refractivity contribution in [2.75, 3.05) is 6.26 Å². The van der Waals surface area contributed by atoms with Crippen LogP contribution < -0.4 is 0 Å². The van der Waals surface area contributed by atoms with Crippen molar-refractivity contribution in [3.05, 3.63) is 39.4 Å². The first-order chi connectivity index (χ1) is 7.84. The molecule has 0 radical (unpaired) electrons. The van der Waals surface area contributed by atoms with Gasteiger partial charge >= 0.3 is 5.69 Å². The van der Waals surface area contributed by atoms with Gasteiger partial charge in [-0.1, -0.05) is 4.40 Å². The number of nitro benzene ring substituents is 1. The van der Waals surface area contributed by atoms with Gasteiger partial charge in [-0.15, -0.1) is 0 Å². The zero-order chi connectivity index (χ0) is 13.2. The van der Waals surface area contributed by atoms with E-state index in [9.17, 15) is 23.4 Å². The van der Waals surface area contributed by atoms with Crippen molar-refractivity contribution >= 4 is 22.8 Å². The molecule has 0 saturated carbocycles. The van der Waals surface area contributed by atoms with Crippen molar-refractivity contribution < 1.29 is 18.3 Å². The number of nitrogens with zero attached hydrogens (tertiary/aromatic N) is 2. The van der Waals surface area contributed by atoms with Gasteiger partial charge in [0.2, 0.25) is 5.82 Å². The van der Waals surface area contributed by atoms with Gasteiger partial charge in [0.25, 0.3) is 0 Å². The van der Waals surface area contributed by atoms with Crippen molar-refractivity contribution in [2.45, 2.75) is 6.92 Å². The maximum Gasteiger partial charge on any atom is 0.305 e. The third-order valence-electron chi connectivity index (χ3n) is 1.89. The summed E-state index contributed by atoms with van der Waals surface area (Å²) in [7, 11) is 0. The second-order valence-electron chi connectivity index (χ2n) is 3.11. The first-order valence-electron chi connectivity index (χ1n) is 4.36. The minimum Gasteiger partial charge on any atom is -0.591 e. The highest BCUT2D eigenvalue weighted by molar-refractivity contribution is 7.89. The minimum absolute atomic E-state index is 0.190. The first-order valence-corrected chi connectivity index (χ1v) is 5.87. The lowest BCUT2D eigenvalue weighted by molar-refractivity contribution is -0.387. The zero-order valence-corrected chi connectivity index (χ0v) is 9.75. The monoisotopic (exact) mass is 262 g/mol. The quantitative estimate of drug-likeness (QED) is 0.361. The molecule has 0 saturated heterocycles. The van der Waals surface area contributed by atoms with Crippen molar-refractivity contribution in [1.29, 1.82) is 0 Å². The average molecular weight is 262 g/mol. The topological polar surface area (TPSA) is 78.6 Å². The molecule has 0 heterocycles. The van der Waals surface area contributed by atoms with Crippen molar-refractivity contribution in [3.63, 3.8) is 0 Å². The van der Waals surface area contributed by atoms with Gasteiger partial charge in [-0.2, -0.15) is 4.39 Å². The van der Waals surface area contributed by atoms with E-state index in [1.807, 2.05) is 0 Å². The third kappa shape index (κ3) is 2.98. The maximum atomic E-state index is 13.6. The highest BCUT2D eigenvalue weighted by Crippen LogP contribution is 2.23. The fourth-order valence-corrected chi connectivity index (χ4v) is 1.73. The summed E-state index contributed by atoms with van der Waals surface area (Å²) in [4.78, 5) is 9.51. The van der Waals surface area contributed by atoms with Crippen LogP contribution in [-0.2, 0) is 11.4 Å². The number of hydrogen-bond donors (Lipinski definition) is 0. The van der Waals surface area contributed by atoms with Crippen LogP contribution >= 0.6 is 0 Å². The van der Waals surface area contributed by atoms with Gasteiger partial charge in [-0.3, -0.25) is 10.1 Å². The molecular weight excluding hydrogens is 254 g/mol. The molecule has 0 spiro atoms. The predicted molar refractivity (Wildman–Crippen MR) is 59.3 cm³/mol. The Hall–Kier alpha value is -1.54. The zero-order valence-electron chi connectivity index (χ0n) is 8.94. The molecule has 8 heteroatoms.